The van der Waals surface area contributed by atoms with Crippen LogP contribution in [0.15, 0.2) is 0 Å². The molecule has 1 amide bonds. The molecule has 0 bridgehead atoms. The zero-order valence-corrected chi connectivity index (χ0v) is 19.6. The summed E-state index contributed by atoms with van der Waals surface area (Å²) in [5, 5.41) is 8.35. The minimum absolute atomic E-state index is 0.0272. The normalized spacial score (nSPS) is 13.7. The molecule has 0 aromatic carbocycles. The Kier molecular flexibility index (Phi) is 11.8. The third kappa shape index (κ3) is 7.75. The molecule has 0 saturated heterocycles. The van der Waals surface area contributed by atoms with Crippen molar-refractivity contribution in [3.63, 3.8) is 0 Å². The van der Waals surface area contributed by atoms with E-state index in [9.17, 15) is 4.79 Å². The summed E-state index contributed by atoms with van der Waals surface area (Å²) < 4.78 is 1.78. The molecule has 0 radical (unpaired) electrons. The average molecular weight is 413 g/mol. The molecule has 28 heavy (non-hydrogen) atoms. The number of aromatic nitrogens is 2. The van der Waals surface area contributed by atoms with Gasteiger partial charge in [0.15, 0.2) is 0 Å². The Morgan fingerprint density at radius 3 is 2.11 bits per heavy atom. The van der Waals surface area contributed by atoms with E-state index in [1.165, 1.54) is 38.5 Å². The van der Waals surface area contributed by atoms with Crippen LogP contribution in [0.25, 0.3) is 0 Å². The van der Waals surface area contributed by atoms with Gasteiger partial charge in [-0.05, 0) is 53.1 Å². The Morgan fingerprint density at radius 1 is 1.11 bits per heavy atom. The van der Waals surface area contributed by atoms with Gasteiger partial charge in [-0.3, -0.25) is 9.48 Å². The molecule has 1 aromatic rings. The van der Waals surface area contributed by atoms with Crippen LogP contribution in [0.1, 0.15) is 90.1 Å². The quantitative estimate of drug-likeness (QED) is 0.422. The van der Waals surface area contributed by atoms with E-state index in [2.05, 4.69) is 36.1 Å². The van der Waals surface area contributed by atoms with Crippen LogP contribution in [0.5, 0.6) is 0 Å². The highest BCUT2D eigenvalue weighted by molar-refractivity contribution is 6.31. The minimum Gasteiger partial charge on any atom is -0.351 e. The lowest BCUT2D eigenvalue weighted by Gasteiger charge is -2.27. The van der Waals surface area contributed by atoms with Crippen molar-refractivity contribution in [1.82, 2.24) is 20.0 Å². The van der Waals surface area contributed by atoms with E-state index in [0.717, 1.165) is 31.0 Å². The Hall–Kier alpha value is -1.07. The van der Waals surface area contributed by atoms with Gasteiger partial charge < -0.3 is 10.2 Å². The number of hydrogen-bond acceptors (Lipinski definition) is 3. The van der Waals surface area contributed by atoms with Crippen molar-refractivity contribution in [3.8, 4) is 0 Å². The van der Waals surface area contributed by atoms with E-state index in [4.69, 9.17) is 11.6 Å². The number of amides is 1. The molecule has 5 nitrogen and oxygen atoms in total. The molecule has 0 aliphatic heterocycles. The molecule has 1 heterocycles. The summed E-state index contributed by atoms with van der Waals surface area (Å²) in [6.45, 7) is 15.5. The lowest BCUT2D eigenvalue weighted by Crippen LogP contribution is -2.45. The number of carbonyl (C=O) groups is 1. The predicted molar refractivity (Wildman–Crippen MR) is 119 cm³/mol. The number of nitrogens with one attached hydrogen (secondary N) is 1. The van der Waals surface area contributed by atoms with Crippen LogP contribution < -0.4 is 5.32 Å². The van der Waals surface area contributed by atoms with E-state index < -0.39 is 0 Å². The molecule has 162 valence electrons. The van der Waals surface area contributed by atoms with Gasteiger partial charge in [0.1, 0.15) is 6.04 Å². The van der Waals surface area contributed by atoms with E-state index >= 15 is 0 Å². The summed E-state index contributed by atoms with van der Waals surface area (Å²) in [5.41, 5.74) is 1.63. The molecule has 0 saturated carbocycles. The second-order valence-electron chi connectivity index (χ2n) is 7.98. The smallest absolute Gasteiger partial charge is 0.245 e. The number of rotatable bonds is 14. The Labute approximate surface area is 177 Å². The van der Waals surface area contributed by atoms with Crippen molar-refractivity contribution in [2.24, 2.45) is 0 Å². The first-order valence-corrected chi connectivity index (χ1v) is 11.5. The monoisotopic (exact) mass is 412 g/mol. The van der Waals surface area contributed by atoms with Gasteiger partial charge in [-0.25, -0.2) is 0 Å². The van der Waals surface area contributed by atoms with Crippen molar-refractivity contribution in [3.05, 3.63) is 16.4 Å². The Balaban J connectivity index is 2.68. The highest BCUT2D eigenvalue weighted by atomic mass is 35.5. The molecule has 2 unspecified atom stereocenters. The van der Waals surface area contributed by atoms with Gasteiger partial charge in [0.2, 0.25) is 5.91 Å². The Morgan fingerprint density at radius 2 is 1.68 bits per heavy atom. The molecule has 2 atom stereocenters. The topological polar surface area (TPSA) is 50.2 Å². The van der Waals surface area contributed by atoms with E-state index in [1.54, 1.807) is 4.68 Å². The Bertz CT molecular complexity index is 577. The number of carbonyl (C=O) groups excluding carboxylic acids is 1. The first-order chi connectivity index (χ1) is 13.3. The highest BCUT2D eigenvalue weighted by Crippen LogP contribution is 2.24. The molecule has 0 spiro atoms. The summed E-state index contributed by atoms with van der Waals surface area (Å²) in [4.78, 5) is 15.4. The van der Waals surface area contributed by atoms with Crippen molar-refractivity contribution < 1.29 is 4.79 Å². The van der Waals surface area contributed by atoms with Crippen LogP contribution in [0.2, 0.25) is 5.02 Å². The molecule has 1 rings (SSSR count). The molecular weight excluding hydrogens is 372 g/mol. The molecule has 0 fully saturated rings. The minimum atomic E-state index is -0.317. The first kappa shape index (κ1) is 25.0. The fraction of sp³-hybridized carbons (Fsp3) is 0.818. The van der Waals surface area contributed by atoms with Gasteiger partial charge in [0.25, 0.3) is 0 Å². The summed E-state index contributed by atoms with van der Waals surface area (Å²) in [6, 6.07) is -0.209. The van der Waals surface area contributed by atoms with E-state index in [0.29, 0.717) is 11.4 Å². The van der Waals surface area contributed by atoms with Crippen molar-refractivity contribution >= 4 is 17.5 Å². The second kappa shape index (κ2) is 13.2. The highest BCUT2D eigenvalue weighted by Gasteiger charge is 2.24. The number of aryl methyl sites for hydroxylation is 1. The number of halogens is 1. The molecule has 6 heteroatoms. The van der Waals surface area contributed by atoms with Crippen LogP contribution in [-0.4, -0.2) is 46.3 Å². The second-order valence-corrected chi connectivity index (χ2v) is 8.36. The lowest BCUT2D eigenvalue weighted by molar-refractivity contribution is -0.125. The maximum absolute atomic E-state index is 12.9. The summed E-state index contributed by atoms with van der Waals surface area (Å²) >= 11 is 6.28. The van der Waals surface area contributed by atoms with Gasteiger partial charge in [-0.2, -0.15) is 5.10 Å². The zero-order valence-electron chi connectivity index (χ0n) is 18.9. The van der Waals surface area contributed by atoms with Gasteiger partial charge in [-0.1, -0.05) is 58.1 Å². The van der Waals surface area contributed by atoms with Gasteiger partial charge in [0, 0.05) is 12.6 Å². The van der Waals surface area contributed by atoms with Crippen LogP contribution in [-0.2, 0) is 4.79 Å². The maximum atomic E-state index is 12.9. The molecule has 1 N–H and O–H groups in total. The molecule has 0 aliphatic carbocycles. The first-order valence-electron chi connectivity index (χ1n) is 11.1. The standard InChI is InChI=1S/C22H41ClN4O/c1-7-10-12-14-26(15-13-11-8-2)16-17(4)24-22(28)20(9-3)27-19(6)21(23)18(5)25-27/h17,20H,7-16H2,1-6H3,(H,24,28). The average Bonchev–Trinajstić information content (AvgIpc) is 2.90. The lowest BCUT2D eigenvalue weighted by atomic mass is 10.1. The van der Waals surface area contributed by atoms with Gasteiger partial charge in [-0.15, -0.1) is 0 Å². The largest absolute Gasteiger partial charge is 0.351 e. The third-order valence-electron chi connectivity index (χ3n) is 5.30. The number of unbranched alkanes of at least 4 members (excludes halogenated alkanes) is 4. The number of nitrogens with zero attached hydrogens (tertiary/aromatic N) is 3. The molecule has 1 aromatic heterocycles. The SMILES string of the molecule is CCCCCN(CCCCC)CC(C)NC(=O)C(CC)n1nc(C)c(Cl)c1C. The van der Waals surface area contributed by atoms with Crippen LogP contribution in [0, 0.1) is 13.8 Å². The van der Waals surface area contributed by atoms with E-state index in [1.807, 2.05) is 20.8 Å². The van der Waals surface area contributed by atoms with Gasteiger partial charge >= 0.3 is 0 Å². The fourth-order valence-corrected chi connectivity index (χ4v) is 3.78. The fourth-order valence-electron chi connectivity index (χ4n) is 3.65. The van der Waals surface area contributed by atoms with Crippen LogP contribution >= 0.6 is 11.6 Å². The van der Waals surface area contributed by atoms with Crippen molar-refractivity contribution in [2.45, 2.75) is 98.6 Å². The zero-order chi connectivity index (χ0) is 21.1. The number of hydrogen-bond donors (Lipinski definition) is 1. The van der Waals surface area contributed by atoms with Gasteiger partial charge in [0.05, 0.1) is 16.4 Å². The summed E-state index contributed by atoms with van der Waals surface area (Å²) in [6.07, 6.45) is 8.14. The molecular formula is C22H41ClN4O. The van der Waals surface area contributed by atoms with E-state index in [-0.39, 0.29) is 18.0 Å². The maximum Gasteiger partial charge on any atom is 0.245 e. The predicted octanol–water partition coefficient (Wildman–Crippen LogP) is 5.29. The molecule has 0 aliphatic rings. The van der Waals surface area contributed by atoms with Crippen molar-refractivity contribution in [1.29, 1.82) is 0 Å². The van der Waals surface area contributed by atoms with Crippen molar-refractivity contribution in [2.75, 3.05) is 19.6 Å². The third-order valence-corrected chi connectivity index (χ3v) is 5.84. The van der Waals surface area contributed by atoms with Crippen LogP contribution in [0.4, 0.5) is 0 Å². The summed E-state index contributed by atoms with van der Waals surface area (Å²) in [7, 11) is 0. The van der Waals surface area contributed by atoms with Crippen LogP contribution in [0.3, 0.4) is 0 Å². The summed E-state index contributed by atoms with van der Waals surface area (Å²) in [5.74, 6) is 0.0272.